The topological polar surface area (TPSA) is 48.1 Å². The Hall–Kier alpha value is -3.24. The summed E-state index contributed by atoms with van der Waals surface area (Å²) >= 11 is 6.44. The number of aromatic nitrogens is 1. The molecular weight excluding hydrogens is 490 g/mol. The second kappa shape index (κ2) is 14.6. The van der Waals surface area contributed by atoms with E-state index in [9.17, 15) is 4.79 Å². The van der Waals surface area contributed by atoms with Gasteiger partial charge in [0.25, 0.3) is 5.56 Å². The lowest BCUT2D eigenvalue weighted by Crippen LogP contribution is -2.26. The Kier molecular flexibility index (Phi) is 11.3. The van der Waals surface area contributed by atoms with Gasteiger partial charge in [0.05, 0.1) is 5.56 Å². The van der Waals surface area contributed by atoms with Gasteiger partial charge < -0.3 is 15.2 Å². The van der Waals surface area contributed by atoms with E-state index in [1.807, 2.05) is 43.3 Å². The molecule has 0 saturated heterocycles. The molecule has 1 heterocycles. The molecule has 0 bridgehead atoms. The van der Waals surface area contributed by atoms with Crippen LogP contribution in [0.1, 0.15) is 77.0 Å². The van der Waals surface area contributed by atoms with Gasteiger partial charge in [0.2, 0.25) is 0 Å². The maximum absolute atomic E-state index is 13.1. The maximum Gasteiger partial charge on any atom is 0.257 e. The number of pyridine rings is 1. The lowest BCUT2D eigenvalue weighted by atomic mass is 10.00. The number of allylic oxidation sites excluding steroid dienone is 2. The number of rotatable bonds is 13. The van der Waals surface area contributed by atoms with Crippen LogP contribution < -0.4 is 15.8 Å². The molecular formula is C33H42ClN3O. The Labute approximate surface area is 233 Å². The monoisotopic (exact) mass is 531 g/mol. The average molecular weight is 532 g/mol. The molecule has 0 aliphatic carbocycles. The molecule has 1 atom stereocenters. The molecule has 4 nitrogen and oxygen atoms in total. The minimum absolute atomic E-state index is 0.131. The zero-order chi connectivity index (χ0) is 27.5. The smallest absolute Gasteiger partial charge is 0.257 e. The van der Waals surface area contributed by atoms with Gasteiger partial charge in [0, 0.05) is 41.4 Å². The van der Waals surface area contributed by atoms with Crippen LogP contribution >= 0.6 is 11.6 Å². The van der Waals surface area contributed by atoms with Crippen LogP contribution in [0.15, 0.2) is 71.7 Å². The van der Waals surface area contributed by atoms with E-state index in [2.05, 4.69) is 73.2 Å². The lowest BCUT2D eigenvalue weighted by Gasteiger charge is -2.26. The third kappa shape index (κ3) is 7.88. The SMILES string of the molecule is CC/C=C(\Nc1ccc(N(CCC)CCC(C)CC)cc1)c1c(/C=C(\C)c2ccccc2Cl)cc[nH]c1=O. The Morgan fingerprint density at radius 2 is 1.79 bits per heavy atom. The Morgan fingerprint density at radius 1 is 1.05 bits per heavy atom. The molecule has 0 saturated carbocycles. The van der Waals surface area contributed by atoms with E-state index in [-0.39, 0.29) is 5.56 Å². The van der Waals surface area contributed by atoms with Crippen molar-refractivity contribution in [2.75, 3.05) is 23.3 Å². The minimum atomic E-state index is -0.131. The van der Waals surface area contributed by atoms with E-state index in [4.69, 9.17) is 11.6 Å². The fourth-order valence-corrected chi connectivity index (χ4v) is 4.82. The molecule has 2 N–H and O–H groups in total. The number of nitrogens with zero attached hydrogens (tertiary/aromatic N) is 1. The van der Waals surface area contributed by atoms with Crippen molar-refractivity contribution in [2.24, 2.45) is 5.92 Å². The molecule has 1 unspecified atom stereocenters. The summed E-state index contributed by atoms with van der Waals surface area (Å²) in [7, 11) is 0. The van der Waals surface area contributed by atoms with Crippen molar-refractivity contribution in [2.45, 2.75) is 60.3 Å². The van der Waals surface area contributed by atoms with Crippen molar-refractivity contribution in [1.82, 2.24) is 4.98 Å². The molecule has 2 aromatic carbocycles. The highest BCUT2D eigenvalue weighted by Gasteiger charge is 2.14. The fourth-order valence-electron chi connectivity index (χ4n) is 4.53. The number of hydrogen-bond acceptors (Lipinski definition) is 3. The van der Waals surface area contributed by atoms with E-state index in [0.717, 1.165) is 59.9 Å². The normalized spacial score (nSPS) is 12.9. The van der Waals surface area contributed by atoms with Crippen molar-refractivity contribution in [3.8, 4) is 0 Å². The molecule has 0 spiro atoms. The molecule has 0 fully saturated rings. The molecule has 1 aromatic heterocycles. The van der Waals surface area contributed by atoms with Crippen LogP contribution in [0.3, 0.4) is 0 Å². The van der Waals surface area contributed by atoms with E-state index in [1.54, 1.807) is 6.20 Å². The average Bonchev–Trinajstić information content (AvgIpc) is 2.91. The molecule has 3 aromatic rings. The number of halogens is 1. The summed E-state index contributed by atoms with van der Waals surface area (Å²) in [5, 5.41) is 4.22. The summed E-state index contributed by atoms with van der Waals surface area (Å²) in [6.07, 6.45) is 10.1. The molecule has 38 heavy (non-hydrogen) atoms. The van der Waals surface area contributed by atoms with Crippen LogP contribution in [0.5, 0.6) is 0 Å². The molecule has 0 radical (unpaired) electrons. The summed E-state index contributed by atoms with van der Waals surface area (Å²) in [6.45, 7) is 13.0. The van der Waals surface area contributed by atoms with Crippen LogP contribution in [0, 0.1) is 5.92 Å². The second-order valence-electron chi connectivity index (χ2n) is 9.93. The van der Waals surface area contributed by atoms with Crippen LogP contribution in [-0.4, -0.2) is 18.1 Å². The van der Waals surface area contributed by atoms with Gasteiger partial charge >= 0.3 is 0 Å². The van der Waals surface area contributed by atoms with Gasteiger partial charge in [-0.2, -0.15) is 0 Å². The third-order valence-corrected chi connectivity index (χ3v) is 7.26. The van der Waals surface area contributed by atoms with Crippen LogP contribution in [0.25, 0.3) is 17.3 Å². The highest BCUT2D eigenvalue weighted by molar-refractivity contribution is 6.32. The second-order valence-corrected chi connectivity index (χ2v) is 10.3. The molecule has 202 valence electrons. The highest BCUT2D eigenvalue weighted by atomic mass is 35.5. The van der Waals surface area contributed by atoms with E-state index >= 15 is 0 Å². The van der Waals surface area contributed by atoms with Gasteiger partial charge in [-0.05, 0) is 85.2 Å². The van der Waals surface area contributed by atoms with E-state index in [1.165, 1.54) is 18.5 Å². The summed E-state index contributed by atoms with van der Waals surface area (Å²) < 4.78 is 0. The quantitative estimate of drug-likeness (QED) is 0.231. The molecule has 0 aliphatic heterocycles. The fraction of sp³-hybridized carbons (Fsp3) is 0.364. The number of nitrogens with one attached hydrogen (secondary N) is 2. The van der Waals surface area contributed by atoms with Crippen molar-refractivity contribution < 1.29 is 0 Å². The van der Waals surface area contributed by atoms with Crippen LogP contribution in [0.4, 0.5) is 11.4 Å². The number of aromatic amines is 1. The first-order valence-corrected chi connectivity index (χ1v) is 14.2. The standard InChI is InChI=1S/C33H42ClN3O/c1-6-11-31(36-27-14-16-28(17-15-27)37(21-7-2)22-19-24(4)8-3)32-26(18-20-35-33(32)38)23-25(5)29-12-9-10-13-30(29)34/h9-18,20,23-24,36H,6-8,19,21-22H2,1-5H3,(H,35,38)/b25-23+,31-11-. The predicted octanol–water partition coefficient (Wildman–Crippen LogP) is 9.10. The van der Waals surface area contributed by atoms with Gasteiger partial charge in [0.1, 0.15) is 0 Å². The number of anilines is 2. The Bertz CT molecular complexity index is 1290. The van der Waals surface area contributed by atoms with E-state index in [0.29, 0.717) is 10.6 Å². The van der Waals surface area contributed by atoms with Gasteiger partial charge in [-0.25, -0.2) is 0 Å². The van der Waals surface area contributed by atoms with Crippen molar-refractivity contribution in [3.05, 3.63) is 98.9 Å². The summed E-state index contributed by atoms with van der Waals surface area (Å²) in [5.74, 6) is 0.728. The lowest BCUT2D eigenvalue weighted by molar-refractivity contribution is 0.510. The Balaban J connectivity index is 1.90. The largest absolute Gasteiger partial charge is 0.372 e. The molecule has 5 heteroatoms. The summed E-state index contributed by atoms with van der Waals surface area (Å²) in [6, 6.07) is 18.3. The van der Waals surface area contributed by atoms with Crippen LogP contribution in [0.2, 0.25) is 5.02 Å². The zero-order valence-electron chi connectivity index (χ0n) is 23.5. The molecule has 0 aliphatic rings. The number of hydrogen-bond donors (Lipinski definition) is 2. The maximum atomic E-state index is 13.1. The van der Waals surface area contributed by atoms with Gasteiger partial charge in [-0.15, -0.1) is 0 Å². The Morgan fingerprint density at radius 3 is 2.45 bits per heavy atom. The molecule has 3 rings (SSSR count). The van der Waals surface area contributed by atoms with Crippen molar-refractivity contribution in [1.29, 1.82) is 0 Å². The minimum Gasteiger partial charge on any atom is -0.372 e. The van der Waals surface area contributed by atoms with Crippen molar-refractivity contribution >= 4 is 40.3 Å². The highest BCUT2D eigenvalue weighted by Crippen LogP contribution is 2.28. The van der Waals surface area contributed by atoms with Gasteiger partial charge in [-0.3, -0.25) is 4.79 Å². The third-order valence-electron chi connectivity index (χ3n) is 6.94. The first-order valence-electron chi connectivity index (χ1n) is 13.8. The summed E-state index contributed by atoms with van der Waals surface area (Å²) in [5.41, 5.74) is 6.26. The van der Waals surface area contributed by atoms with E-state index < -0.39 is 0 Å². The molecule has 0 amide bonds. The number of H-pyrrole nitrogens is 1. The van der Waals surface area contributed by atoms with Crippen LogP contribution in [-0.2, 0) is 0 Å². The first-order chi connectivity index (χ1) is 18.4. The zero-order valence-corrected chi connectivity index (χ0v) is 24.2. The van der Waals surface area contributed by atoms with Gasteiger partial charge in [0.15, 0.2) is 0 Å². The van der Waals surface area contributed by atoms with Gasteiger partial charge in [-0.1, -0.05) is 76.1 Å². The predicted molar refractivity (Wildman–Crippen MR) is 167 cm³/mol. The summed E-state index contributed by atoms with van der Waals surface area (Å²) in [4.78, 5) is 18.4. The number of benzene rings is 2. The first kappa shape index (κ1) is 29.3. The van der Waals surface area contributed by atoms with Crippen molar-refractivity contribution in [3.63, 3.8) is 0 Å².